The minimum atomic E-state index is -0.389. The van der Waals surface area contributed by atoms with Gasteiger partial charge in [0.25, 0.3) is 0 Å². The van der Waals surface area contributed by atoms with Crippen LogP contribution in [0.25, 0.3) is 11.1 Å². The molecule has 0 saturated heterocycles. The maximum absolute atomic E-state index is 12.7. The summed E-state index contributed by atoms with van der Waals surface area (Å²) in [4.78, 5) is 13.6. The quantitative estimate of drug-likeness (QED) is 0.536. The van der Waals surface area contributed by atoms with E-state index in [1.807, 2.05) is 30.3 Å². The van der Waals surface area contributed by atoms with Crippen molar-refractivity contribution in [1.82, 2.24) is 10.3 Å². The third-order valence-corrected chi connectivity index (χ3v) is 5.50. The van der Waals surface area contributed by atoms with E-state index in [4.69, 9.17) is 4.42 Å². The number of benzene rings is 2. The largest absolute Gasteiger partial charge is 0.417 e. The highest BCUT2D eigenvalue weighted by molar-refractivity contribution is 5.72. The van der Waals surface area contributed by atoms with Crippen LogP contribution in [0.4, 0.5) is 4.39 Å². The summed E-state index contributed by atoms with van der Waals surface area (Å²) in [6.07, 6.45) is 8.70. The van der Waals surface area contributed by atoms with Gasteiger partial charge < -0.3 is 9.73 Å². The van der Waals surface area contributed by atoms with Crippen LogP contribution < -0.4 is 11.1 Å². The predicted molar refractivity (Wildman–Crippen MR) is 116 cm³/mol. The Labute approximate surface area is 171 Å². The topological polar surface area (TPSA) is 58.0 Å². The molecular weight excluding hydrogens is 367 g/mol. The average Bonchev–Trinajstić information content (AvgIpc) is 3.12. The molecule has 0 spiro atoms. The van der Waals surface area contributed by atoms with Crippen LogP contribution in [-0.2, 0) is 6.42 Å². The number of hydrogen-bond donors (Lipinski definition) is 2. The van der Waals surface area contributed by atoms with Gasteiger partial charge in [0.2, 0.25) is 0 Å². The second-order valence-corrected chi connectivity index (χ2v) is 7.69. The van der Waals surface area contributed by atoms with Crippen LogP contribution in [0.1, 0.15) is 62.5 Å². The molecule has 0 bridgehead atoms. The van der Waals surface area contributed by atoms with E-state index >= 15 is 0 Å². The zero-order valence-corrected chi connectivity index (χ0v) is 17.2. The molecule has 5 heteroatoms. The molecular formula is C24H31FN2O2. The minimum Gasteiger partial charge on any atom is -0.408 e. The molecule has 156 valence electrons. The molecule has 0 unspecified atom stereocenters. The lowest BCUT2D eigenvalue weighted by molar-refractivity contribution is 0.443. The van der Waals surface area contributed by atoms with Crippen molar-refractivity contribution in [2.24, 2.45) is 0 Å². The SMILES string of the molecule is CCNCCCc1ccc2[nH]c(=O)oc2c1.Fc1ccc(C2CCCCC2)cc1. The zero-order chi connectivity index (χ0) is 20.5. The van der Waals surface area contributed by atoms with Crippen molar-refractivity contribution in [3.05, 3.63) is 70.0 Å². The van der Waals surface area contributed by atoms with Crippen molar-refractivity contribution in [2.75, 3.05) is 13.1 Å². The van der Waals surface area contributed by atoms with Crippen LogP contribution in [-0.4, -0.2) is 18.1 Å². The third kappa shape index (κ3) is 6.57. The molecule has 4 nitrogen and oxygen atoms in total. The fourth-order valence-corrected chi connectivity index (χ4v) is 3.91. The van der Waals surface area contributed by atoms with Crippen molar-refractivity contribution in [3.8, 4) is 0 Å². The van der Waals surface area contributed by atoms with E-state index < -0.39 is 0 Å². The summed E-state index contributed by atoms with van der Waals surface area (Å²) in [5.74, 6) is 0.175. The molecule has 1 aliphatic rings. The Kier molecular flexibility index (Phi) is 8.05. The first-order chi connectivity index (χ1) is 14.2. The second-order valence-electron chi connectivity index (χ2n) is 7.69. The number of oxazole rings is 1. The van der Waals surface area contributed by atoms with Crippen molar-refractivity contribution in [2.45, 2.75) is 57.8 Å². The van der Waals surface area contributed by atoms with E-state index in [9.17, 15) is 9.18 Å². The summed E-state index contributed by atoms with van der Waals surface area (Å²) in [7, 11) is 0. The Balaban J connectivity index is 0.000000169. The number of rotatable bonds is 6. The first kappa shape index (κ1) is 21.3. The monoisotopic (exact) mass is 398 g/mol. The summed E-state index contributed by atoms with van der Waals surface area (Å²) in [5, 5.41) is 3.28. The molecule has 1 heterocycles. The lowest BCUT2D eigenvalue weighted by Gasteiger charge is -2.21. The van der Waals surface area contributed by atoms with Crippen molar-refractivity contribution in [3.63, 3.8) is 0 Å². The summed E-state index contributed by atoms with van der Waals surface area (Å²) in [5.41, 5.74) is 3.93. The maximum atomic E-state index is 12.7. The van der Waals surface area contributed by atoms with Crippen LogP contribution >= 0.6 is 0 Å². The number of hydrogen-bond acceptors (Lipinski definition) is 3. The summed E-state index contributed by atoms with van der Waals surface area (Å²) in [6.45, 7) is 4.12. The predicted octanol–water partition coefficient (Wildman–Crippen LogP) is 5.54. The molecule has 1 aromatic heterocycles. The Bertz CT molecular complexity index is 924. The van der Waals surface area contributed by atoms with Crippen LogP contribution in [0.3, 0.4) is 0 Å². The van der Waals surface area contributed by atoms with Gasteiger partial charge >= 0.3 is 5.76 Å². The van der Waals surface area contributed by atoms with Gasteiger partial charge in [0.05, 0.1) is 5.52 Å². The molecule has 2 aromatic carbocycles. The Morgan fingerprint density at radius 1 is 1.10 bits per heavy atom. The molecule has 1 fully saturated rings. The lowest BCUT2D eigenvalue weighted by Crippen LogP contribution is -2.14. The standard InChI is InChI=1S/C12H15F.C12H16N2O2/c13-12-8-6-11(7-9-12)10-4-2-1-3-5-10;1-2-13-7-3-4-9-5-6-10-11(8-9)16-12(15)14-10/h6-10H,1-5H2;5-6,8,13H,2-4,7H2,1H3,(H,14,15). The summed E-state index contributed by atoms with van der Waals surface area (Å²) < 4.78 is 17.7. The van der Waals surface area contributed by atoms with Gasteiger partial charge in [0, 0.05) is 0 Å². The van der Waals surface area contributed by atoms with Gasteiger partial charge in [-0.05, 0) is 80.1 Å². The fraction of sp³-hybridized carbons (Fsp3) is 0.458. The minimum absolute atomic E-state index is 0.125. The zero-order valence-electron chi connectivity index (χ0n) is 17.2. The highest BCUT2D eigenvalue weighted by Gasteiger charge is 2.14. The number of aromatic amines is 1. The number of nitrogens with one attached hydrogen (secondary N) is 2. The van der Waals surface area contributed by atoms with Gasteiger partial charge in [-0.25, -0.2) is 9.18 Å². The molecule has 0 aliphatic heterocycles. The van der Waals surface area contributed by atoms with E-state index in [0.29, 0.717) is 11.5 Å². The van der Waals surface area contributed by atoms with Gasteiger partial charge in [0.1, 0.15) is 5.82 Å². The Morgan fingerprint density at radius 2 is 1.86 bits per heavy atom. The molecule has 3 aromatic rings. The van der Waals surface area contributed by atoms with Gasteiger partial charge in [-0.1, -0.05) is 44.4 Å². The summed E-state index contributed by atoms with van der Waals surface area (Å²) >= 11 is 0. The summed E-state index contributed by atoms with van der Waals surface area (Å²) in [6, 6.07) is 12.9. The Morgan fingerprint density at radius 3 is 2.59 bits per heavy atom. The second kappa shape index (κ2) is 11.0. The van der Waals surface area contributed by atoms with E-state index in [1.165, 1.54) is 43.2 Å². The van der Waals surface area contributed by atoms with E-state index in [2.05, 4.69) is 17.2 Å². The van der Waals surface area contributed by atoms with Gasteiger partial charge in [-0.3, -0.25) is 4.98 Å². The Hall–Kier alpha value is -2.40. The van der Waals surface area contributed by atoms with E-state index in [-0.39, 0.29) is 11.6 Å². The molecule has 1 aliphatic carbocycles. The molecule has 0 radical (unpaired) electrons. The van der Waals surface area contributed by atoms with Crippen LogP contribution in [0.15, 0.2) is 51.7 Å². The number of H-pyrrole nitrogens is 1. The lowest BCUT2D eigenvalue weighted by atomic mass is 9.84. The number of halogens is 1. The van der Waals surface area contributed by atoms with Gasteiger partial charge in [-0.2, -0.15) is 0 Å². The number of fused-ring (bicyclic) bond motifs is 1. The average molecular weight is 399 g/mol. The smallest absolute Gasteiger partial charge is 0.408 e. The normalized spacial score (nSPS) is 14.6. The van der Waals surface area contributed by atoms with Crippen molar-refractivity contribution >= 4 is 11.1 Å². The van der Waals surface area contributed by atoms with Crippen LogP contribution in [0.5, 0.6) is 0 Å². The highest BCUT2D eigenvalue weighted by atomic mass is 19.1. The molecule has 0 atom stereocenters. The van der Waals surface area contributed by atoms with Crippen LogP contribution in [0, 0.1) is 5.82 Å². The highest BCUT2D eigenvalue weighted by Crippen LogP contribution is 2.32. The van der Waals surface area contributed by atoms with Crippen LogP contribution in [0.2, 0.25) is 0 Å². The molecule has 0 amide bonds. The third-order valence-electron chi connectivity index (χ3n) is 5.50. The van der Waals surface area contributed by atoms with Gasteiger partial charge in [-0.15, -0.1) is 0 Å². The maximum Gasteiger partial charge on any atom is 0.417 e. The molecule has 1 saturated carbocycles. The fourth-order valence-electron chi connectivity index (χ4n) is 3.91. The number of aromatic nitrogens is 1. The van der Waals surface area contributed by atoms with E-state index in [1.54, 1.807) is 12.1 Å². The molecule has 4 rings (SSSR count). The number of aryl methyl sites for hydroxylation is 1. The molecule has 2 N–H and O–H groups in total. The van der Waals surface area contributed by atoms with E-state index in [0.717, 1.165) is 31.4 Å². The first-order valence-electron chi connectivity index (χ1n) is 10.7. The van der Waals surface area contributed by atoms with Gasteiger partial charge in [0.15, 0.2) is 5.58 Å². The molecule has 29 heavy (non-hydrogen) atoms. The van der Waals surface area contributed by atoms with Crippen molar-refractivity contribution < 1.29 is 8.81 Å². The van der Waals surface area contributed by atoms with Crippen molar-refractivity contribution in [1.29, 1.82) is 0 Å². The first-order valence-corrected chi connectivity index (χ1v) is 10.7.